The highest BCUT2D eigenvalue weighted by atomic mass is 32.2. The predicted octanol–water partition coefficient (Wildman–Crippen LogP) is 3.61. The van der Waals surface area contributed by atoms with Crippen molar-refractivity contribution in [2.24, 2.45) is 0 Å². The van der Waals surface area contributed by atoms with Gasteiger partial charge in [0.05, 0.1) is 9.82 Å². The Morgan fingerprint density at radius 2 is 1.58 bits per heavy atom. The molecule has 0 unspecified atom stereocenters. The zero-order chi connectivity index (χ0) is 23.0. The van der Waals surface area contributed by atoms with Crippen molar-refractivity contribution in [1.29, 1.82) is 0 Å². The molecular weight excluding hydrogens is 418 g/mol. The molecule has 2 aromatic carbocycles. The molecule has 1 aliphatic rings. The smallest absolute Gasteiger partial charge is 0.293 e. The van der Waals surface area contributed by atoms with E-state index in [-0.39, 0.29) is 40.4 Å². The number of sulfonamides is 1. The van der Waals surface area contributed by atoms with Gasteiger partial charge in [-0.1, -0.05) is 32.9 Å². The molecule has 1 saturated heterocycles. The molecule has 0 atom stereocenters. The lowest BCUT2D eigenvalue weighted by molar-refractivity contribution is -0.384. The summed E-state index contributed by atoms with van der Waals surface area (Å²) >= 11 is 0. The SMILES string of the molecule is CC(=O)c1ccc(N2CCN(S(=O)(=O)c3ccc(C(C)(C)C)cc3)CC2)c([N+](=O)[O-])c1. The molecule has 166 valence electrons. The molecule has 9 heteroatoms. The number of piperazine rings is 1. The normalized spacial score (nSPS) is 15.7. The van der Waals surface area contributed by atoms with Crippen LogP contribution in [0.5, 0.6) is 0 Å². The number of nitrogens with zero attached hydrogens (tertiary/aromatic N) is 3. The number of anilines is 1. The van der Waals surface area contributed by atoms with Crippen molar-refractivity contribution in [3.05, 3.63) is 63.7 Å². The lowest BCUT2D eigenvalue weighted by Gasteiger charge is -2.35. The molecule has 0 aliphatic carbocycles. The zero-order valence-corrected chi connectivity index (χ0v) is 19.0. The van der Waals surface area contributed by atoms with Gasteiger partial charge in [0.2, 0.25) is 10.0 Å². The first-order valence-electron chi connectivity index (χ1n) is 10.1. The number of ketones is 1. The molecule has 0 bridgehead atoms. The van der Waals surface area contributed by atoms with Gasteiger partial charge < -0.3 is 4.90 Å². The van der Waals surface area contributed by atoms with Crippen molar-refractivity contribution in [3.8, 4) is 0 Å². The van der Waals surface area contributed by atoms with Crippen molar-refractivity contribution in [3.63, 3.8) is 0 Å². The predicted molar refractivity (Wildman–Crippen MR) is 119 cm³/mol. The maximum atomic E-state index is 13.0. The number of carbonyl (C=O) groups excluding carboxylic acids is 1. The van der Waals surface area contributed by atoms with E-state index in [4.69, 9.17) is 0 Å². The van der Waals surface area contributed by atoms with Crippen LogP contribution in [-0.2, 0) is 15.4 Å². The van der Waals surface area contributed by atoms with Crippen LogP contribution in [0, 0.1) is 10.1 Å². The third kappa shape index (κ3) is 4.77. The van der Waals surface area contributed by atoms with Crippen molar-refractivity contribution in [2.75, 3.05) is 31.1 Å². The molecule has 1 fully saturated rings. The molecular formula is C22H27N3O5S. The second-order valence-corrected chi connectivity index (χ2v) is 10.6. The first-order valence-corrected chi connectivity index (χ1v) is 11.5. The Kier molecular flexibility index (Phi) is 6.20. The Balaban J connectivity index is 1.77. The standard InChI is InChI=1S/C22H27N3O5S/c1-16(26)17-5-10-20(21(15-17)25(27)28)23-11-13-24(14-12-23)31(29,30)19-8-6-18(7-9-19)22(2,3)4/h5-10,15H,11-14H2,1-4H3. The van der Waals surface area contributed by atoms with E-state index in [0.717, 1.165) is 5.56 Å². The fourth-order valence-corrected chi connectivity index (χ4v) is 5.02. The first-order chi connectivity index (χ1) is 14.4. The van der Waals surface area contributed by atoms with Crippen LogP contribution in [0.25, 0.3) is 0 Å². The summed E-state index contributed by atoms with van der Waals surface area (Å²) in [6.07, 6.45) is 0. The number of hydrogen-bond donors (Lipinski definition) is 0. The number of rotatable bonds is 5. The van der Waals surface area contributed by atoms with Crippen LogP contribution in [0.15, 0.2) is 47.4 Å². The van der Waals surface area contributed by atoms with Crippen LogP contribution < -0.4 is 4.90 Å². The molecule has 0 spiro atoms. The quantitative estimate of drug-likeness (QED) is 0.396. The van der Waals surface area contributed by atoms with E-state index in [9.17, 15) is 23.3 Å². The summed E-state index contributed by atoms with van der Waals surface area (Å²) < 4.78 is 27.5. The molecule has 2 aromatic rings. The van der Waals surface area contributed by atoms with Gasteiger partial charge in [-0.3, -0.25) is 14.9 Å². The number of nitro groups is 1. The number of carbonyl (C=O) groups is 1. The lowest BCUT2D eigenvalue weighted by atomic mass is 9.87. The lowest BCUT2D eigenvalue weighted by Crippen LogP contribution is -2.48. The van der Waals surface area contributed by atoms with E-state index in [2.05, 4.69) is 20.8 Å². The molecule has 31 heavy (non-hydrogen) atoms. The van der Waals surface area contributed by atoms with Crippen molar-refractivity contribution in [2.45, 2.75) is 38.0 Å². The fourth-order valence-electron chi connectivity index (χ4n) is 3.60. The fraction of sp³-hybridized carbons (Fsp3) is 0.409. The summed E-state index contributed by atoms with van der Waals surface area (Å²) in [6.45, 7) is 8.63. The van der Waals surface area contributed by atoms with Crippen LogP contribution in [0.2, 0.25) is 0 Å². The molecule has 3 rings (SSSR count). The maximum absolute atomic E-state index is 13.0. The van der Waals surface area contributed by atoms with Crippen molar-refractivity contribution in [1.82, 2.24) is 4.31 Å². The van der Waals surface area contributed by atoms with E-state index in [0.29, 0.717) is 18.8 Å². The van der Waals surface area contributed by atoms with Crippen LogP contribution in [-0.4, -0.2) is 49.6 Å². The van der Waals surface area contributed by atoms with Gasteiger partial charge in [-0.15, -0.1) is 0 Å². The van der Waals surface area contributed by atoms with Gasteiger partial charge in [-0.05, 0) is 42.2 Å². The third-order valence-electron chi connectivity index (χ3n) is 5.52. The van der Waals surface area contributed by atoms with Crippen LogP contribution in [0.3, 0.4) is 0 Å². The average Bonchev–Trinajstić information content (AvgIpc) is 2.72. The van der Waals surface area contributed by atoms with E-state index in [1.54, 1.807) is 29.2 Å². The highest BCUT2D eigenvalue weighted by molar-refractivity contribution is 7.89. The topological polar surface area (TPSA) is 101 Å². The van der Waals surface area contributed by atoms with E-state index < -0.39 is 14.9 Å². The minimum atomic E-state index is -3.65. The second kappa shape index (κ2) is 8.39. The van der Waals surface area contributed by atoms with Gasteiger partial charge in [-0.25, -0.2) is 8.42 Å². The monoisotopic (exact) mass is 445 g/mol. The van der Waals surface area contributed by atoms with Crippen LogP contribution >= 0.6 is 0 Å². The largest absolute Gasteiger partial charge is 0.363 e. The molecule has 0 radical (unpaired) electrons. The highest BCUT2D eigenvalue weighted by Gasteiger charge is 2.31. The zero-order valence-electron chi connectivity index (χ0n) is 18.2. The molecule has 0 aromatic heterocycles. The number of nitro benzene ring substituents is 1. The van der Waals surface area contributed by atoms with Gasteiger partial charge in [0.15, 0.2) is 5.78 Å². The van der Waals surface area contributed by atoms with E-state index in [1.165, 1.54) is 17.3 Å². The Labute approximate surface area is 182 Å². The summed E-state index contributed by atoms with van der Waals surface area (Å²) in [6, 6.07) is 11.3. The molecule has 8 nitrogen and oxygen atoms in total. The third-order valence-corrected chi connectivity index (χ3v) is 7.43. The van der Waals surface area contributed by atoms with Gasteiger partial charge in [-0.2, -0.15) is 4.31 Å². The molecule has 0 amide bonds. The Bertz CT molecular complexity index is 1100. The molecule has 1 aliphatic heterocycles. The molecule has 0 saturated carbocycles. The summed E-state index contributed by atoms with van der Waals surface area (Å²) in [5, 5.41) is 11.5. The maximum Gasteiger partial charge on any atom is 0.293 e. The summed E-state index contributed by atoms with van der Waals surface area (Å²) in [5.74, 6) is -0.247. The Hall–Kier alpha value is -2.78. The van der Waals surface area contributed by atoms with Crippen LogP contribution in [0.4, 0.5) is 11.4 Å². The Morgan fingerprint density at radius 1 is 1.00 bits per heavy atom. The minimum absolute atomic E-state index is 0.0689. The van der Waals surface area contributed by atoms with Gasteiger partial charge >= 0.3 is 0 Å². The summed E-state index contributed by atoms with van der Waals surface area (Å²) in [5.41, 5.74) is 1.50. The Morgan fingerprint density at radius 3 is 2.06 bits per heavy atom. The van der Waals surface area contributed by atoms with Gasteiger partial charge in [0.25, 0.3) is 5.69 Å². The highest BCUT2D eigenvalue weighted by Crippen LogP contribution is 2.31. The van der Waals surface area contributed by atoms with Crippen LogP contribution in [0.1, 0.15) is 43.6 Å². The molecule has 1 heterocycles. The van der Waals surface area contributed by atoms with E-state index >= 15 is 0 Å². The van der Waals surface area contributed by atoms with Gasteiger partial charge in [0.1, 0.15) is 5.69 Å². The number of benzene rings is 2. The van der Waals surface area contributed by atoms with E-state index in [1.807, 2.05) is 12.1 Å². The number of hydrogen-bond acceptors (Lipinski definition) is 6. The molecule has 0 N–H and O–H groups in total. The minimum Gasteiger partial charge on any atom is -0.363 e. The van der Waals surface area contributed by atoms with Crippen molar-refractivity contribution >= 4 is 27.2 Å². The number of Topliss-reactive ketones (excluding diaryl/α,β-unsaturated/α-hetero) is 1. The first kappa shape index (κ1) is 22.9. The second-order valence-electron chi connectivity index (χ2n) is 8.68. The summed E-state index contributed by atoms with van der Waals surface area (Å²) in [4.78, 5) is 24.6. The average molecular weight is 446 g/mol. The van der Waals surface area contributed by atoms with Gasteiger partial charge in [0, 0.05) is 37.8 Å². The van der Waals surface area contributed by atoms with Crippen molar-refractivity contribution < 1.29 is 18.1 Å². The summed E-state index contributed by atoms with van der Waals surface area (Å²) in [7, 11) is -3.65.